The van der Waals surface area contributed by atoms with Crippen molar-refractivity contribution in [2.24, 2.45) is 5.92 Å². The van der Waals surface area contributed by atoms with Crippen LogP contribution in [0.15, 0.2) is 18.2 Å². The molecule has 0 aromatic carbocycles. The number of aryl methyl sites for hydroxylation is 1. The molecule has 0 saturated carbocycles. The average molecular weight is 234 g/mol. The predicted octanol–water partition coefficient (Wildman–Crippen LogP) is 1.23. The number of hydrogen-bond acceptors (Lipinski definition) is 3. The smallest absolute Gasteiger partial charge is 0.272 e. The second-order valence-corrected chi connectivity index (χ2v) is 4.75. The van der Waals surface area contributed by atoms with Crippen LogP contribution in [0.25, 0.3) is 0 Å². The number of carbonyl (C=O) groups excluding carboxylic acids is 1. The first-order valence-electron chi connectivity index (χ1n) is 5.99. The van der Waals surface area contributed by atoms with Crippen LogP contribution < -0.4 is 0 Å². The number of amides is 1. The van der Waals surface area contributed by atoms with E-state index in [2.05, 4.69) is 4.98 Å². The number of piperidine rings is 1. The van der Waals surface area contributed by atoms with E-state index in [1.54, 1.807) is 11.0 Å². The molecule has 2 unspecified atom stereocenters. The molecule has 1 aliphatic heterocycles. The maximum Gasteiger partial charge on any atom is 0.272 e. The minimum atomic E-state index is -0.287. The van der Waals surface area contributed by atoms with Gasteiger partial charge in [0.15, 0.2) is 0 Å². The summed E-state index contributed by atoms with van der Waals surface area (Å²) in [5, 5.41) is 9.64. The zero-order chi connectivity index (χ0) is 12.4. The Hall–Kier alpha value is -1.42. The maximum atomic E-state index is 12.2. The number of nitrogens with zero attached hydrogens (tertiary/aromatic N) is 2. The van der Waals surface area contributed by atoms with Gasteiger partial charge in [-0.05, 0) is 31.4 Å². The summed E-state index contributed by atoms with van der Waals surface area (Å²) in [7, 11) is 0. The highest BCUT2D eigenvalue weighted by Crippen LogP contribution is 2.18. The van der Waals surface area contributed by atoms with Gasteiger partial charge in [-0.25, -0.2) is 4.98 Å². The van der Waals surface area contributed by atoms with Gasteiger partial charge in [0, 0.05) is 18.8 Å². The highest BCUT2D eigenvalue weighted by Gasteiger charge is 2.28. The predicted molar refractivity (Wildman–Crippen MR) is 64.7 cm³/mol. The molecule has 1 aliphatic rings. The van der Waals surface area contributed by atoms with Gasteiger partial charge in [0.2, 0.25) is 0 Å². The fourth-order valence-electron chi connectivity index (χ4n) is 2.14. The monoisotopic (exact) mass is 234 g/mol. The lowest BCUT2D eigenvalue weighted by Crippen LogP contribution is -2.45. The Morgan fingerprint density at radius 2 is 2.29 bits per heavy atom. The average Bonchev–Trinajstić information content (AvgIpc) is 2.32. The van der Waals surface area contributed by atoms with Crippen LogP contribution in [0.2, 0.25) is 0 Å². The Morgan fingerprint density at radius 1 is 1.53 bits per heavy atom. The molecule has 1 amide bonds. The topological polar surface area (TPSA) is 53.4 Å². The summed E-state index contributed by atoms with van der Waals surface area (Å²) in [6, 6.07) is 5.46. The van der Waals surface area contributed by atoms with Crippen molar-refractivity contribution in [2.75, 3.05) is 13.1 Å². The van der Waals surface area contributed by atoms with E-state index in [1.807, 2.05) is 26.0 Å². The van der Waals surface area contributed by atoms with Crippen molar-refractivity contribution in [1.82, 2.24) is 9.88 Å². The number of rotatable bonds is 1. The number of hydrogen-bond donors (Lipinski definition) is 1. The Labute approximate surface area is 101 Å². The van der Waals surface area contributed by atoms with Crippen molar-refractivity contribution in [3.8, 4) is 0 Å². The zero-order valence-corrected chi connectivity index (χ0v) is 10.3. The van der Waals surface area contributed by atoms with Crippen LogP contribution >= 0.6 is 0 Å². The molecule has 0 bridgehead atoms. The molecule has 2 rings (SSSR count). The molecular weight excluding hydrogens is 216 g/mol. The van der Waals surface area contributed by atoms with Crippen molar-refractivity contribution in [3.05, 3.63) is 29.6 Å². The fourth-order valence-corrected chi connectivity index (χ4v) is 2.14. The van der Waals surface area contributed by atoms with Crippen LogP contribution in [0.3, 0.4) is 0 Å². The summed E-state index contributed by atoms with van der Waals surface area (Å²) in [6.45, 7) is 5.06. The first kappa shape index (κ1) is 12.0. The van der Waals surface area contributed by atoms with Gasteiger partial charge in [-0.3, -0.25) is 4.79 Å². The Balaban J connectivity index is 2.10. The van der Waals surface area contributed by atoms with E-state index in [-0.39, 0.29) is 17.9 Å². The molecule has 1 aromatic heterocycles. The number of likely N-dealkylation sites (tertiary alicyclic amines) is 1. The van der Waals surface area contributed by atoms with Crippen LogP contribution in [0.5, 0.6) is 0 Å². The Kier molecular flexibility index (Phi) is 3.43. The molecule has 0 spiro atoms. The number of carbonyl (C=O) groups is 1. The summed E-state index contributed by atoms with van der Waals surface area (Å²) in [4.78, 5) is 18.2. The SMILES string of the molecule is Cc1cccc(C(=O)N2CCC(O)C(C)C2)n1. The second kappa shape index (κ2) is 4.84. The largest absolute Gasteiger partial charge is 0.393 e. The molecule has 2 atom stereocenters. The number of aliphatic hydroxyl groups excluding tert-OH is 1. The van der Waals surface area contributed by atoms with E-state index in [9.17, 15) is 9.90 Å². The minimum absolute atomic E-state index is 0.0348. The molecule has 17 heavy (non-hydrogen) atoms. The molecule has 1 saturated heterocycles. The van der Waals surface area contributed by atoms with E-state index >= 15 is 0 Å². The minimum Gasteiger partial charge on any atom is -0.393 e. The standard InChI is InChI=1S/C13H18N2O2/c1-9-8-15(7-6-12(9)16)13(17)11-5-3-4-10(2)14-11/h3-5,9,12,16H,6-8H2,1-2H3. The first-order chi connectivity index (χ1) is 8.08. The van der Waals surface area contributed by atoms with E-state index in [0.717, 1.165) is 5.69 Å². The van der Waals surface area contributed by atoms with Gasteiger partial charge in [0.25, 0.3) is 5.91 Å². The fraction of sp³-hybridized carbons (Fsp3) is 0.538. The highest BCUT2D eigenvalue weighted by atomic mass is 16.3. The van der Waals surface area contributed by atoms with Gasteiger partial charge >= 0.3 is 0 Å². The van der Waals surface area contributed by atoms with E-state index in [4.69, 9.17) is 0 Å². The van der Waals surface area contributed by atoms with Crippen molar-refractivity contribution in [2.45, 2.75) is 26.4 Å². The lowest BCUT2D eigenvalue weighted by molar-refractivity contribution is 0.0294. The van der Waals surface area contributed by atoms with Gasteiger partial charge in [-0.2, -0.15) is 0 Å². The van der Waals surface area contributed by atoms with Crippen LogP contribution in [-0.2, 0) is 0 Å². The molecule has 1 N–H and O–H groups in total. The molecule has 92 valence electrons. The van der Waals surface area contributed by atoms with Crippen molar-refractivity contribution in [1.29, 1.82) is 0 Å². The Bertz CT molecular complexity index is 420. The van der Waals surface area contributed by atoms with Gasteiger partial charge in [-0.1, -0.05) is 13.0 Å². The van der Waals surface area contributed by atoms with Gasteiger partial charge in [0.05, 0.1) is 6.10 Å². The summed E-state index contributed by atoms with van der Waals surface area (Å²) in [5.74, 6) is 0.102. The number of aromatic nitrogens is 1. The van der Waals surface area contributed by atoms with Crippen molar-refractivity contribution in [3.63, 3.8) is 0 Å². The van der Waals surface area contributed by atoms with Crippen molar-refractivity contribution < 1.29 is 9.90 Å². The number of pyridine rings is 1. The van der Waals surface area contributed by atoms with E-state index in [0.29, 0.717) is 25.2 Å². The molecule has 0 radical (unpaired) electrons. The van der Waals surface area contributed by atoms with Crippen LogP contribution in [0.1, 0.15) is 29.5 Å². The molecular formula is C13H18N2O2. The first-order valence-corrected chi connectivity index (χ1v) is 5.99. The summed E-state index contributed by atoms with van der Waals surface area (Å²) < 4.78 is 0. The Morgan fingerprint density at radius 3 is 2.94 bits per heavy atom. The van der Waals surface area contributed by atoms with Crippen LogP contribution in [0, 0.1) is 12.8 Å². The second-order valence-electron chi connectivity index (χ2n) is 4.75. The third kappa shape index (κ3) is 2.64. The molecule has 2 heterocycles. The summed E-state index contributed by atoms with van der Waals surface area (Å²) >= 11 is 0. The van der Waals surface area contributed by atoms with Gasteiger partial charge in [0.1, 0.15) is 5.69 Å². The van der Waals surface area contributed by atoms with Crippen LogP contribution in [-0.4, -0.2) is 40.1 Å². The third-order valence-corrected chi connectivity index (χ3v) is 3.25. The number of aliphatic hydroxyl groups is 1. The van der Waals surface area contributed by atoms with Gasteiger partial charge in [-0.15, -0.1) is 0 Å². The molecule has 1 aromatic rings. The summed E-state index contributed by atoms with van der Waals surface area (Å²) in [5.41, 5.74) is 1.34. The third-order valence-electron chi connectivity index (χ3n) is 3.25. The van der Waals surface area contributed by atoms with E-state index in [1.165, 1.54) is 0 Å². The van der Waals surface area contributed by atoms with E-state index < -0.39 is 0 Å². The molecule has 4 nitrogen and oxygen atoms in total. The lowest BCUT2D eigenvalue weighted by atomic mass is 9.96. The lowest BCUT2D eigenvalue weighted by Gasteiger charge is -2.34. The highest BCUT2D eigenvalue weighted by molar-refractivity contribution is 5.92. The van der Waals surface area contributed by atoms with Crippen molar-refractivity contribution >= 4 is 5.91 Å². The molecule has 1 fully saturated rings. The molecule has 4 heteroatoms. The zero-order valence-electron chi connectivity index (χ0n) is 10.3. The normalized spacial score (nSPS) is 24.8. The summed E-state index contributed by atoms with van der Waals surface area (Å²) in [6.07, 6.45) is 0.364. The molecule has 0 aliphatic carbocycles. The quantitative estimate of drug-likeness (QED) is 0.795. The van der Waals surface area contributed by atoms with Crippen LogP contribution in [0.4, 0.5) is 0 Å². The maximum absolute atomic E-state index is 12.2. The van der Waals surface area contributed by atoms with Gasteiger partial charge < -0.3 is 10.0 Å².